The lowest BCUT2D eigenvalue weighted by molar-refractivity contribution is 0.667. The zero-order valence-corrected chi connectivity index (χ0v) is 16.9. The van der Waals surface area contributed by atoms with Gasteiger partial charge in [-0.3, -0.25) is 4.79 Å². The average molecular weight is 364 g/mol. The molecule has 2 nitrogen and oxygen atoms in total. The van der Waals surface area contributed by atoms with Crippen LogP contribution in [-0.2, 0) is 12.8 Å². The number of rotatable bonds is 10. The smallest absolute Gasteiger partial charge is 0.256 e. The summed E-state index contributed by atoms with van der Waals surface area (Å²) in [6.07, 6.45) is 12.4. The maximum atomic E-state index is 12.5. The van der Waals surface area contributed by atoms with E-state index in [1.165, 1.54) is 67.9 Å². The molecule has 27 heavy (non-hydrogen) atoms. The van der Waals surface area contributed by atoms with Crippen molar-refractivity contribution in [2.45, 2.75) is 78.1 Å². The van der Waals surface area contributed by atoms with E-state index in [0.29, 0.717) is 0 Å². The van der Waals surface area contributed by atoms with E-state index in [1.54, 1.807) is 0 Å². The van der Waals surface area contributed by atoms with E-state index in [0.717, 1.165) is 29.1 Å². The van der Waals surface area contributed by atoms with Crippen molar-refractivity contribution in [3.8, 4) is 0 Å². The highest BCUT2D eigenvalue weighted by Gasteiger charge is 2.07. The Balaban J connectivity index is 1.91. The van der Waals surface area contributed by atoms with E-state index < -0.39 is 0 Å². The van der Waals surface area contributed by atoms with Crippen molar-refractivity contribution >= 4 is 21.7 Å². The molecule has 1 aromatic heterocycles. The molecule has 0 bridgehead atoms. The first-order valence-corrected chi connectivity index (χ1v) is 10.8. The minimum absolute atomic E-state index is 0.0192. The van der Waals surface area contributed by atoms with Gasteiger partial charge in [-0.1, -0.05) is 70.6 Å². The summed E-state index contributed by atoms with van der Waals surface area (Å²) in [6.45, 7) is 4.49. The molecule has 1 N–H and O–H groups in total. The van der Waals surface area contributed by atoms with Crippen LogP contribution in [0.3, 0.4) is 0 Å². The Morgan fingerprint density at radius 3 is 1.89 bits per heavy atom. The fourth-order valence-corrected chi connectivity index (χ4v) is 3.95. The SMILES string of the molecule is CCCCCCc1ccc2[nH]c(=O)c3ccc(CCCCCC)cc3c2c1. The molecule has 0 saturated carbocycles. The van der Waals surface area contributed by atoms with Crippen LogP contribution in [0, 0.1) is 0 Å². The van der Waals surface area contributed by atoms with Gasteiger partial charge in [0.1, 0.15) is 0 Å². The van der Waals surface area contributed by atoms with Gasteiger partial charge in [0.25, 0.3) is 5.56 Å². The van der Waals surface area contributed by atoms with Crippen LogP contribution in [0.2, 0.25) is 0 Å². The molecule has 3 aromatic rings. The number of benzene rings is 2. The summed E-state index contributed by atoms with van der Waals surface area (Å²) in [7, 11) is 0. The predicted octanol–water partition coefficient (Wildman–Crippen LogP) is 6.93. The Morgan fingerprint density at radius 1 is 0.667 bits per heavy atom. The minimum Gasteiger partial charge on any atom is -0.321 e. The first kappa shape index (κ1) is 19.7. The van der Waals surface area contributed by atoms with Crippen molar-refractivity contribution < 1.29 is 0 Å². The van der Waals surface area contributed by atoms with Gasteiger partial charge >= 0.3 is 0 Å². The zero-order valence-electron chi connectivity index (χ0n) is 16.9. The highest BCUT2D eigenvalue weighted by molar-refractivity contribution is 6.05. The van der Waals surface area contributed by atoms with Crippen LogP contribution in [0.5, 0.6) is 0 Å². The molecule has 0 amide bonds. The average Bonchev–Trinajstić information content (AvgIpc) is 2.69. The molecule has 1 heterocycles. The van der Waals surface area contributed by atoms with Crippen molar-refractivity contribution in [2.75, 3.05) is 0 Å². The van der Waals surface area contributed by atoms with Gasteiger partial charge in [-0.15, -0.1) is 0 Å². The summed E-state index contributed by atoms with van der Waals surface area (Å²) < 4.78 is 0. The molecule has 0 aliphatic carbocycles. The topological polar surface area (TPSA) is 32.9 Å². The van der Waals surface area contributed by atoms with Crippen LogP contribution in [0.15, 0.2) is 41.2 Å². The lowest BCUT2D eigenvalue weighted by atomic mass is 9.98. The van der Waals surface area contributed by atoms with Crippen molar-refractivity contribution in [1.82, 2.24) is 4.98 Å². The lowest BCUT2D eigenvalue weighted by Crippen LogP contribution is -2.07. The molecule has 0 radical (unpaired) electrons. The molecule has 3 rings (SSSR count). The summed E-state index contributed by atoms with van der Waals surface area (Å²) in [5.74, 6) is 0. The number of nitrogens with one attached hydrogen (secondary N) is 1. The molecular weight excluding hydrogens is 330 g/mol. The van der Waals surface area contributed by atoms with Crippen LogP contribution < -0.4 is 5.56 Å². The second-order valence-electron chi connectivity index (χ2n) is 7.84. The van der Waals surface area contributed by atoms with Crippen molar-refractivity contribution in [3.63, 3.8) is 0 Å². The van der Waals surface area contributed by atoms with Crippen molar-refractivity contribution in [2.24, 2.45) is 0 Å². The third kappa shape index (κ3) is 5.00. The molecule has 2 aromatic carbocycles. The molecule has 0 aliphatic heterocycles. The number of hydrogen-bond acceptors (Lipinski definition) is 1. The number of aromatic nitrogens is 1. The minimum atomic E-state index is 0.0192. The molecule has 0 fully saturated rings. The van der Waals surface area contributed by atoms with Gasteiger partial charge in [-0.05, 0) is 60.4 Å². The third-order valence-electron chi connectivity index (χ3n) is 5.59. The lowest BCUT2D eigenvalue weighted by Gasteiger charge is -2.09. The molecule has 0 aliphatic rings. The molecule has 0 saturated heterocycles. The number of unbranched alkanes of at least 4 members (excludes halogenated alkanes) is 6. The van der Waals surface area contributed by atoms with E-state index in [2.05, 4.69) is 49.2 Å². The number of aryl methyl sites for hydroxylation is 2. The second kappa shape index (κ2) is 9.73. The standard InChI is InChI=1S/C25H33NO/c1-3-5-7-9-11-19-13-15-21-22(17-19)23-18-20(12-10-8-6-4-2)14-16-24(23)26-25(21)27/h13-18H,3-12H2,1-2H3,(H,26,27). The van der Waals surface area contributed by atoms with Crippen molar-refractivity contribution in [1.29, 1.82) is 0 Å². The van der Waals surface area contributed by atoms with Gasteiger partial charge in [-0.2, -0.15) is 0 Å². The fraction of sp³-hybridized carbons (Fsp3) is 0.480. The summed E-state index contributed by atoms with van der Waals surface area (Å²) in [4.78, 5) is 15.5. The quantitative estimate of drug-likeness (QED) is 0.307. The van der Waals surface area contributed by atoms with E-state index in [-0.39, 0.29) is 5.56 Å². The van der Waals surface area contributed by atoms with Crippen LogP contribution in [0.1, 0.15) is 76.3 Å². The van der Waals surface area contributed by atoms with E-state index in [4.69, 9.17) is 0 Å². The first-order valence-electron chi connectivity index (χ1n) is 10.8. The Labute approximate surface area is 163 Å². The summed E-state index contributed by atoms with van der Waals surface area (Å²) in [5.41, 5.74) is 3.69. The van der Waals surface area contributed by atoms with E-state index in [9.17, 15) is 4.79 Å². The Bertz CT molecular complexity index is 938. The maximum Gasteiger partial charge on any atom is 0.256 e. The monoisotopic (exact) mass is 363 g/mol. The zero-order chi connectivity index (χ0) is 19.1. The molecular formula is C25H33NO. The molecule has 144 valence electrons. The normalized spacial score (nSPS) is 11.5. The molecule has 2 heteroatoms. The predicted molar refractivity (Wildman–Crippen MR) is 118 cm³/mol. The van der Waals surface area contributed by atoms with Gasteiger partial charge in [0.2, 0.25) is 0 Å². The van der Waals surface area contributed by atoms with Crippen molar-refractivity contribution in [3.05, 3.63) is 57.9 Å². The first-order chi connectivity index (χ1) is 13.2. The third-order valence-corrected chi connectivity index (χ3v) is 5.59. The van der Waals surface area contributed by atoms with Gasteiger partial charge < -0.3 is 4.98 Å². The molecule has 0 spiro atoms. The Hall–Kier alpha value is -2.09. The maximum absolute atomic E-state index is 12.5. The summed E-state index contributed by atoms with van der Waals surface area (Å²) in [6, 6.07) is 12.9. The second-order valence-corrected chi connectivity index (χ2v) is 7.84. The summed E-state index contributed by atoms with van der Waals surface area (Å²) >= 11 is 0. The number of pyridine rings is 1. The Morgan fingerprint density at radius 2 is 1.26 bits per heavy atom. The van der Waals surface area contributed by atoms with Crippen LogP contribution >= 0.6 is 0 Å². The number of H-pyrrole nitrogens is 1. The molecule has 0 atom stereocenters. The largest absolute Gasteiger partial charge is 0.321 e. The van der Waals surface area contributed by atoms with Crippen LogP contribution in [0.25, 0.3) is 21.7 Å². The van der Waals surface area contributed by atoms with Gasteiger partial charge in [0.05, 0.1) is 0 Å². The van der Waals surface area contributed by atoms with Crippen LogP contribution in [-0.4, -0.2) is 4.98 Å². The molecule has 0 unspecified atom stereocenters. The summed E-state index contributed by atoms with van der Waals surface area (Å²) in [5, 5.41) is 3.10. The number of aromatic amines is 1. The van der Waals surface area contributed by atoms with E-state index in [1.807, 2.05) is 6.07 Å². The van der Waals surface area contributed by atoms with Gasteiger partial charge in [0, 0.05) is 16.3 Å². The highest BCUT2D eigenvalue weighted by atomic mass is 16.1. The number of fused-ring (bicyclic) bond motifs is 3. The highest BCUT2D eigenvalue weighted by Crippen LogP contribution is 2.25. The van der Waals surface area contributed by atoms with Gasteiger partial charge in [0.15, 0.2) is 0 Å². The number of hydrogen-bond donors (Lipinski definition) is 1. The van der Waals surface area contributed by atoms with Gasteiger partial charge in [-0.25, -0.2) is 0 Å². The van der Waals surface area contributed by atoms with Crippen LogP contribution in [0.4, 0.5) is 0 Å². The van der Waals surface area contributed by atoms with E-state index >= 15 is 0 Å². The Kier molecular flexibility index (Phi) is 7.09. The fourth-order valence-electron chi connectivity index (χ4n) is 3.95.